The second-order valence-electron chi connectivity index (χ2n) is 5.73. The SMILES string of the molecule is [O-]/[N+](C1=CCCCC1)=C(/C=C/c1ccccc1)c1ccccc1. The molecule has 2 aromatic rings. The molecule has 116 valence electrons. The van der Waals surface area contributed by atoms with E-state index < -0.39 is 0 Å². The summed E-state index contributed by atoms with van der Waals surface area (Å²) in [4.78, 5) is 0. The van der Waals surface area contributed by atoms with Gasteiger partial charge in [0.05, 0.1) is 0 Å². The lowest BCUT2D eigenvalue weighted by molar-refractivity contribution is -0.404. The van der Waals surface area contributed by atoms with Crippen molar-refractivity contribution in [2.24, 2.45) is 0 Å². The predicted octanol–water partition coefficient (Wildman–Crippen LogP) is 5.16. The van der Waals surface area contributed by atoms with Crippen molar-refractivity contribution in [2.75, 3.05) is 0 Å². The molecule has 2 aromatic carbocycles. The van der Waals surface area contributed by atoms with Crippen LogP contribution in [0.1, 0.15) is 36.8 Å². The fraction of sp³-hybridized carbons (Fsp3) is 0.190. The van der Waals surface area contributed by atoms with Crippen molar-refractivity contribution < 1.29 is 4.74 Å². The summed E-state index contributed by atoms with van der Waals surface area (Å²) in [7, 11) is 0. The Morgan fingerprint density at radius 2 is 1.61 bits per heavy atom. The summed E-state index contributed by atoms with van der Waals surface area (Å²) < 4.78 is 1.11. The lowest BCUT2D eigenvalue weighted by atomic mass is 10.0. The highest BCUT2D eigenvalue weighted by Crippen LogP contribution is 2.19. The Labute approximate surface area is 137 Å². The van der Waals surface area contributed by atoms with Gasteiger partial charge < -0.3 is 5.21 Å². The lowest BCUT2D eigenvalue weighted by Crippen LogP contribution is -2.16. The first-order valence-electron chi connectivity index (χ1n) is 8.16. The molecule has 0 aliphatic heterocycles. The van der Waals surface area contributed by atoms with E-state index in [1.165, 1.54) is 6.42 Å². The molecule has 2 heteroatoms. The molecule has 0 saturated heterocycles. The van der Waals surface area contributed by atoms with Crippen molar-refractivity contribution in [2.45, 2.75) is 25.7 Å². The van der Waals surface area contributed by atoms with Crippen LogP contribution in [0.3, 0.4) is 0 Å². The fourth-order valence-electron chi connectivity index (χ4n) is 2.79. The Bertz CT molecular complexity index is 727. The maximum Gasteiger partial charge on any atom is 0.223 e. The zero-order chi connectivity index (χ0) is 15.9. The van der Waals surface area contributed by atoms with Gasteiger partial charge in [-0.05, 0) is 49.1 Å². The average Bonchev–Trinajstić information content (AvgIpc) is 2.64. The molecule has 0 heterocycles. The van der Waals surface area contributed by atoms with Gasteiger partial charge in [0.1, 0.15) is 0 Å². The van der Waals surface area contributed by atoms with Gasteiger partial charge >= 0.3 is 0 Å². The summed E-state index contributed by atoms with van der Waals surface area (Å²) in [5.41, 5.74) is 3.61. The van der Waals surface area contributed by atoms with Crippen molar-refractivity contribution in [3.8, 4) is 0 Å². The topological polar surface area (TPSA) is 26.1 Å². The van der Waals surface area contributed by atoms with Gasteiger partial charge in [0.25, 0.3) is 0 Å². The number of nitrogens with zero attached hydrogens (tertiary/aromatic N) is 1. The van der Waals surface area contributed by atoms with Crippen LogP contribution in [0.15, 0.2) is 78.5 Å². The second kappa shape index (κ2) is 7.59. The average molecular weight is 303 g/mol. The first-order chi connectivity index (χ1) is 11.3. The van der Waals surface area contributed by atoms with Crippen LogP contribution in [0.5, 0.6) is 0 Å². The highest BCUT2D eigenvalue weighted by Gasteiger charge is 2.16. The molecule has 0 unspecified atom stereocenters. The molecule has 0 atom stereocenters. The summed E-state index contributed by atoms with van der Waals surface area (Å²) in [6.45, 7) is 0. The van der Waals surface area contributed by atoms with Gasteiger partial charge in [-0.2, -0.15) is 4.74 Å². The van der Waals surface area contributed by atoms with Gasteiger partial charge in [-0.25, -0.2) is 0 Å². The summed E-state index contributed by atoms with van der Waals surface area (Å²) in [5, 5.41) is 12.9. The molecular weight excluding hydrogens is 282 g/mol. The summed E-state index contributed by atoms with van der Waals surface area (Å²) in [5.74, 6) is 0. The number of benzene rings is 2. The fourth-order valence-corrected chi connectivity index (χ4v) is 2.79. The van der Waals surface area contributed by atoms with E-state index in [0.717, 1.165) is 40.8 Å². The summed E-state index contributed by atoms with van der Waals surface area (Å²) >= 11 is 0. The Kier molecular flexibility index (Phi) is 5.05. The molecule has 0 spiro atoms. The van der Waals surface area contributed by atoms with Crippen molar-refractivity contribution in [3.05, 3.63) is 94.8 Å². The monoisotopic (exact) mass is 303 g/mol. The molecule has 3 rings (SSSR count). The number of rotatable bonds is 4. The maximum absolute atomic E-state index is 12.9. The molecule has 0 amide bonds. The van der Waals surface area contributed by atoms with Crippen LogP contribution in [0.2, 0.25) is 0 Å². The van der Waals surface area contributed by atoms with E-state index in [1.807, 2.05) is 72.8 Å². The highest BCUT2D eigenvalue weighted by atomic mass is 16.5. The minimum atomic E-state index is 0.697. The molecule has 0 aromatic heterocycles. The van der Waals surface area contributed by atoms with E-state index in [2.05, 4.69) is 6.08 Å². The molecule has 2 nitrogen and oxygen atoms in total. The molecule has 0 radical (unpaired) electrons. The van der Waals surface area contributed by atoms with E-state index in [1.54, 1.807) is 0 Å². The molecule has 1 aliphatic rings. The summed E-state index contributed by atoms with van der Waals surface area (Å²) in [6, 6.07) is 19.9. The van der Waals surface area contributed by atoms with Gasteiger partial charge in [0.2, 0.25) is 5.71 Å². The van der Waals surface area contributed by atoms with Crippen molar-refractivity contribution in [3.63, 3.8) is 0 Å². The first-order valence-corrected chi connectivity index (χ1v) is 8.16. The Morgan fingerprint density at radius 3 is 2.26 bits per heavy atom. The van der Waals surface area contributed by atoms with E-state index in [-0.39, 0.29) is 0 Å². The van der Waals surface area contributed by atoms with E-state index in [9.17, 15) is 5.21 Å². The number of allylic oxidation sites excluding steroid dienone is 3. The predicted molar refractivity (Wildman–Crippen MR) is 96.2 cm³/mol. The van der Waals surface area contributed by atoms with Gasteiger partial charge in [-0.1, -0.05) is 48.5 Å². The Balaban J connectivity index is 2.00. The van der Waals surface area contributed by atoms with Gasteiger partial charge in [0, 0.05) is 18.1 Å². The third kappa shape index (κ3) is 3.98. The number of hydrogen-bond donors (Lipinski definition) is 0. The molecule has 0 bridgehead atoms. The van der Waals surface area contributed by atoms with E-state index >= 15 is 0 Å². The van der Waals surface area contributed by atoms with E-state index in [4.69, 9.17) is 0 Å². The molecule has 1 aliphatic carbocycles. The Hall–Kier alpha value is -2.61. The lowest BCUT2D eigenvalue weighted by Gasteiger charge is -2.14. The van der Waals surface area contributed by atoms with Crippen molar-refractivity contribution in [1.29, 1.82) is 0 Å². The van der Waals surface area contributed by atoms with Crippen LogP contribution in [0.25, 0.3) is 6.08 Å². The number of hydrogen-bond acceptors (Lipinski definition) is 1. The van der Waals surface area contributed by atoms with Crippen LogP contribution in [0.4, 0.5) is 0 Å². The molecule has 0 fully saturated rings. The molecule has 23 heavy (non-hydrogen) atoms. The van der Waals surface area contributed by atoms with Crippen LogP contribution in [0, 0.1) is 5.21 Å². The van der Waals surface area contributed by atoms with Crippen LogP contribution >= 0.6 is 0 Å². The number of hydroxylamine groups is 1. The third-order valence-electron chi connectivity index (χ3n) is 4.05. The maximum atomic E-state index is 12.9. The normalized spacial score (nSPS) is 16.1. The minimum absolute atomic E-state index is 0.697. The zero-order valence-corrected chi connectivity index (χ0v) is 13.2. The van der Waals surface area contributed by atoms with Crippen LogP contribution in [-0.2, 0) is 0 Å². The van der Waals surface area contributed by atoms with Crippen molar-refractivity contribution in [1.82, 2.24) is 0 Å². The Morgan fingerprint density at radius 1 is 0.913 bits per heavy atom. The van der Waals surface area contributed by atoms with Crippen LogP contribution < -0.4 is 0 Å². The molecular formula is C21H21NO. The van der Waals surface area contributed by atoms with Gasteiger partial charge in [-0.15, -0.1) is 0 Å². The van der Waals surface area contributed by atoms with E-state index in [0.29, 0.717) is 5.71 Å². The van der Waals surface area contributed by atoms with Gasteiger partial charge in [0.15, 0.2) is 5.70 Å². The third-order valence-corrected chi connectivity index (χ3v) is 4.05. The standard InChI is InChI=1S/C21H21NO/c23-22(20-14-8-3-9-15-20)21(19-12-6-2-7-13-19)17-16-18-10-4-1-5-11-18/h1-2,4-7,10-14,16-17H,3,8-9,15H2/b17-16+,22-21-. The molecule has 0 N–H and O–H groups in total. The largest absolute Gasteiger partial charge is 0.618 e. The quantitative estimate of drug-likeness (QED) is 0.332. The van der Waals surface area contributed by atoms with Crippen molar-refractivity contribution >= 4 is 11.8 Å². The summed E-state index contributed by atoms with van der Waals surface area (Å²) in [6.07, 6.45) is 10.1. The minimum Gasteiger partial charge on any atom is -0.618 e. The highest BCUT2D eigenvalue weighted by molar-refractivity contribution is 6.07. The van der Waals surface area contributed by atoms with Crippen LogP contribution in [-0.4, -0.2) is 10.5 Å². The smallest absolute Gasteiger partial charge is 0.223 e. The first kappa shape index (κ1) is 15.3. The second-order valence-corrected chi connectivity index (χ2v) is 5.73. The molecule has 0 saturated carbocycles. The zero-order valence-electron chi connectivity index (χ0n) is 13.2. The van der Waals surface area contributed by atoms with Gasteiger partial charge in [-0.3, -0.25) is 0 Å².